The Kier molecular flexibility index (Phi) is 4.33. The summed E-state index contributed by atoms with van der Waals surface area (Å²) in [7, 11) is 1.31. The zero-order valence-corrected chi connectivity index (χ0v) is 9.95. The van der Waals surface area contributed by atoms with Crippen LogP contribution in [0.3, 0.4) is 0 Å². The predicted octanol–water partition coefficient (Wildman–Crippen LogP) is 0.940. The molecule has 0 bridgehead atoms. The average Bonchev–Trinajstić information content (AvgIpc) is 2.60. The summed E-state index contributed by atoms with van der Waals surface area (Å²) in [6, 6.07) is -0.413. The number of hydrogen-bond acceptors (Lipinski definition) is 3. The Morgan fingerprint density at radius 1 is 1.61 bits per heavy atom. The summed E-state index contributed by atoms with van der Waals surface area (Å²) in [4.78, 5) is 11.7. The van der Waals surface area contributed by atoms with Crippen molar-refractivity contribution in [1.82, 2.24) is 15.1 Å². The first-order valence-electron chi connectivity index (χ1n) is 5.28. The number of alkyl halides is 3. The molecule has 5 nitrogen and oxygen atoms in total. The monoisotopic (exact) mass is 265 g/mol. The summed E-state index contributed by atoms with van der Waals surface area (Å²) >= 11 is 0. The highest BCUT2D eigenvalue weighted by molar-refractivity contribution is 5.95. The minimum atomic E-state index is -4.67. The maximum Gasteiger partial charge on any atom is 0.435 e. The van der Waals surface area contributed by atoms with E-state index in [1.807, 2.05) is 0 Å². The van der Waals surface area contributed by atoms with Crippen molar-refractivity contribution in [3.8, 4) is 0 Å². The molecule has 0 saturated heterocycles. The molecule has 0 spiro atoms. The molecule has 0 aliphatic rings. The van der Waals surface area contributed by atoms with Gasteiger partial charge in [-0.25, -0.2) is 0 Å². The maximum atomic E-state index is 12.6. The molecule has 0 aliphatic heterocycles. The molecule has 1 aromatic heterocycles. The highest BCUT2D eigenvalue weighted by Gasteiger charge is 2.39. The number of halogens is 3. The van der Waals surface area contributed by atoms with Crippen LogP contribution in [0.2, 0.25) is 0 Å². The van der Waals surface area contributed by atoms with E-state index in [0.717, 1.165) is 10.9 Å². The van der Waals surface area contributed by atoms with Crippen molar-refractivity contribution in [3.05, 3.63) is 17.5 Å². The molecule has 0 aromatic carbocycles. The topological polar surface area (TPSA) is 67.2 Å². The average molecular weight is 265 g/mol. The molecular weight excluding hydrogens is 251 g/mol. The molecule has 0 saturated carbocycles. The number of nitrogens with one attached hydrogen (secondary N) is 1. The van der Waals surface area contributed by atoms with Gasteiger partial charge < -0.3 is 10.4 Å². The van der Waals surface area contributed by atoms with Crippen molar-refractivity contribution in [1.29, 1.82) is 0 Å². The normalized spacial score (nSPS) is 13.4. The van der Waals surface area contributed by atoms with Gasteiger partial charge >= 0.3 is 6.18 Å². The molecule has 8 heteroatoms. The van der Waals surface area contributed by atoms with Gasteiger partial charge in [-0.2, -0.15) is 18.3 Å². The lowest BCUT2D eigenvalue weighted by molar-refractivity contribution is -0.141. The third kappa shape index (κ3) is 3.46. The summed E-state index contributed by atoms with van der Waals surface area (Å²) in [6.45, 7) is 1.44. The Balaban J connectivity index is 2.92. The first-order chi connectivity index (χ1) is 8.25. The standard InChI is InChI=1S/C10H14F3N3O2/c1-6(3-4-17)14-9(18)7-5-16(2)15-8(7)10(11,12)13/h5-6,17H,3-4H2,1-2H3,(H,14,18). The van der Waals surface area contributed by atoms with Gasteiger partial charge in [-0.1, -0.05) is 0 Å². The third-order valence-corrected chi connectivity index (χ3v) is 2.28. The van der Waals surface area contributed by atoms with E-state index in [4.69, 9.17) is 5.11 Å². The number of aromatic nitrogens is 2. The summed E-state index contributed by atoms with van der Waals surface area (Å²) in [5.41, 5.74) is -1.73. The molecule has 0 radical (unpaired) electrons. The van der Waals surface area contributed by atoms with Gasteiger partial charge in [0, 0.05) is 25.9 Å². The lowest BCUT2D eigenvalue weighted by atomic mass is 10.2. The Morgan fingerprint density at radius 2 is 2.22 bits per heavy atom. The number of aliphatic hydroxyl groups excluding tert-OH is 1. The van der Waals surface area contributed by atoms with Crippen molar-refractivity contribution >= 4 is 5.91 Å². The molecular formula is C10H14F3N3O2. The molecule has 1 amide bonds. The Bertz CT molecular complexity index is 428. The zero-order chi connectivity index (χ0) is 13.9. The lowest BCUT2D eigenvalue weighted by Crippen LogP contribution is -2.34. The van der Waals surface area contributed by atoms with Gasteiger partial charge in [0.25, 0.3) is 5.91 Å². The minimum absolute atomic E-state index is 0.152. The highest BCUT2D eigenvalue weighted by atomic mass is 19.4. The second-order valence-corrected chi connectivity index (χ2v) is 3.95. The van der Waals surface area contributed by atoms with Crippen molar-refractivity contribution in [2.24, 2.45) is 7.05 Å². The number of aliphatic hydroxyl groups is 1. The van der Waals surface area contributed by atoms with Gasteiger partial charge in [-0.3, -0.25) is 9.48 Å². The molecule has 1 heterocycles. The summed E-state index contributed by atoms with van der Waals surface area (Å²) in [6.07, 6.45) is -3.38. The van der Waals surface area contributed by atoms with Crippen LogP contribution in [0.1, 0.15) is 29.4 Å². The number of amides is 1. The van der Waals surface area contributed by atoms with Crippen LogP contribution in [0.4, 0.5) is 13.2 Å². The SMILES string of the molecule is CC(CCO)NC(=O)c1cn(C)nc1C(F)(F)F. The Morgan fingerprint density at radius 3 is 2.72 bits per heavy atom. The van der Waals surface area contributed by atoms with Crippen LogP contribution in [-0.4, -0.2) is 33.4 Å². The van der Waals surface area contributed by atoms with Crippen LogP contribution < -0.4 is 5.32 Å². The van der Waals surface area contributed by atoms with E-state index in [1.54, 1.807) is 6.92 Å². The van der Waals surface area contributed by atoms with Crippen LogP contribution in [0.5, 0.6) is 0 Å². The smallest absolute Gasteiger partial charge is 0.396 e. The molecule has 1 atom stereocenters. The second kappa shape index (κ2) is 5.38. The quantitative estimate of drug-likeness (QED) is 0.851. The van der Waals surface area contributed by atoms with Gasteiger partial charge in [0.2, 0.25) is 0 Å². The molecule has 18 heavy (non-hydrogen) atoms. The van der Waals surface area contributed by atoms with Gasteiger partial charge in [0.05, 0.1) is 5.56 Å². The molecule has 2 N–H and O–H groups in total. The number of aryl methyl sites for hydroxylation is 1. The van der Waals surface area contributed by atoms with E-state index in [-0.39, 0.29) is 13.0 Å². The fourth-order valence-corrected chi connectivity index (χ4v) is 1.43. The zero-order valence-electron chi connectivity index (χ0n) is 9.95. The molecule has 1 unspecified atom stereocenters. The van der Waals surface area contributed by atoms with Crippen LogP contribution in [0.25, 0.3) is 0 Å². The van der Waals surface area contributed by atoms with E-state index < -0.39 is 29.4 Å². The van der Waals surface area contributed by atoms with Crippen LogP contribution in [0, 0.1) is 0 Å². The molecule has 0 fully saturated rings. The summed E-state index contributed by atoms with van der Waals surface area (Å²) < 4.78 is 38.8. The van der Waals surface area contributed by atoms with E-state index in [1.165, 1.54) is 7.05 Å². The second-order valence-electron chi connectivity index (χ2n) is 3.95. The van der Waals surface area contributed by atoms with Gasteiger partial charge in [0.1, 0.15) is 0 Å². The number of rotatable bonds is 4. The van der Waals surface area contributed by atoms with E-state index in [0.29, 0.717) is 0 Å². The van der Waals surface area contributed by atoms with Crippen LogP contribution >= 0.6 is 0 Å². The summed E-state index contributed by atoms with van der Waals surface area (Å²) in [5.74, 6) is -0.851. The molecule has 0 aliphatic carbocycles. The lowest BCUT2D eigenvalue weighted by Gasteiger charge is -2.12. The largest absolute Gasteiger partial charge is 0.435 e. The van der Waals surface area contributed by atoms with Gasteiger partial charge in [-0.15, -0.1) is 0 Å². The van der Waals surface area contributed by atoms with Crippen molar-refractivity contribution in [3.63, 3.8) is 0 Å². The van der Waals surface area contributed by atoms with Crippen molar-refractivity contribution in [2.45, 2.75) is 25.6 Å². The van der Waals surface area contributed by atoms with Crippen molar-refractivity contribution < 1.29 is 23.1 Å². The molecule has 1 rings (SSSR count). The minimum Gasteiger partial charge on any atom is -0.396 e. The Labute approximate surface area is 102 Å². The first kappa shape index (κ1) is 14.5. The maximum absolute atomic E-state index is 12.6. The predicted molar refractivity (Wildman–Crippen MR) is 56.8 cm³/mol. The number of carbonyl (C=O) groups is 1. The number of hydrogen-bond donors (Lipinski definition) is 2. The fraction of sp³-hybridized carbons (Fsp3) is 0.600. The van der Waals surface area contributed by atoms with E-state index in [2.05, 4.69) is 10.4 Å². The highest BCUT2D eigenvalue weighted by Crippen LogP contribution is 2.30. The van der Waals surface area contributed by atoms with Gasteiger partial charge in [-0.05, 0) is 13.3 Å². The fourth-order valence-electron chi connectivity index (χ4n) is 1.43. The van der Waals surface area contributed by atoms with Crippen LogP contribution in [0.15, 0.2) is 6.20 Å². The number of carbonyl (C=O) groups excluding carboxylic acids is 1. The first-order valence-corrected chi connectivity index (χ1v) is 5.28. The van der Waals surface area contributed by atoms with Crippen molar-refractivity contribution in [2.75, 3.05) is 6.61 Å². The molecule has 1 aromatic rings. The third-order valence-electron chi connectivity index (χ3n) is 2.28. The Hall–Kier alpha value is -1.57. The van der Waals surface area contributed by atoms with Crippen LogP contribution in [-0.2, 0) is 13.2 Å². The summed E-state index contributed by atoms with van der Waals surface area (Å²) in [5, 5.41) is 14.3. The van der Waals surface area contributed by atoms with E-state index in [9.17, 15) is 18.0 Å². The number of nitrogens with zero attached hydrogens (tertiary/aromatic N) is 2. The molecule has 102 valence electrons. The van der Waals surface area contributed by atoms with E-state index >= 15 is 0 Å². The van der Waals surface area contributed by atoms with Gasteiger partial charge in [0.15, 0.2) is 5.69 Å².